The fraction of sp³-hybridized carbons (Fsp3) is 0.231. The number of carboxylic acids is 1. The summed E-state index contributed by atoms with van der Waals surface area (Å²) in [5, 5.41) is 12.3. The summed E-state index contributed by atoms with van der Waals surface area (Å²) in [7, 11) is 0. The molecule has 4 nitrogen and oxygen atoms in total. The molecule has 0 atom stereocenters. The van der Waals surface area contributed by atoms with Crippen LogP contribution in [0, 0.1) is 0 Å². The van der Waals surface area contributed by atoms with Crippen molar-refractivity contribution in [3.63, 3.8) is 0 Å². The molecule has 0 bridgehead atoms. The van der Waals surface area contributed by atoms with Crippen molar-refractivity contribution in [3.8, 4) is 11.3 Å². The number of hydrogen-bond acceptors (Lipinski definition) is 3. The molecule has 2 aromatic rings. The number of nitrogens with zero attached hydrogens (tertiary/aromatic N) is 1. The quantitative estimate of drug-likeness (QED) is 0.916. The molecular formula is C13H12ClNO3. The molecule has 18 heavy (non-hydrogen) atoms. The summed E-state index contributed by atoms with van der Waals surface area (Å²) >= 11 is 5.92. The monoisotopic (exact) mass is 265 g/mol. The van der Waals surface area contributed by atoms with Crippen molar-refractivity contribution < 1.29 is 14.4 Å². The molecule has 2 rings (SSSR count). The van der Waals surface area contributed by atoms with Crippen molar-refractivity contribution in [3.05, 3.63) is 40.5 Å². The van der Waals surface area contributed by atoms with E-state index >= 15 is 0 Å². The van der Waals surface area contributed by atoms with Crippen molar-refractivity contribution in [2.75, 3.05) is 0 Å². The molecule has 1 heterocycles. The Morgan fingerprint density at radius 1 is 1.39 bits per heavy atom. The Kier molecular flexibility index (Phi) is 3.67. The van der Waals surface area contributed by atoms with Gasteiger partial charge in [0.1, 0.15) is 5.02 Å². The molecule has 0 unspecified atom stereocenters. The van der Waals surface area contributed by atoms with Crippen molar-refractivity contribution >= 4 is 17.6 Å². The number of carbonyl (C=O) groups is 1. The van der Waals surface area contributed by atoms with Gasteiger partial charge in [-0.15, -0.1) is 0 Å². The van der Waals surface area contributed by atoms with Crippen LogP contribution in [0.3, 0.4) is 0 Å². The minimum Gasteiger partial charge on any atom is -0.476 e. The standard InChI is InChI=1S/C13H12ClNO3/c1-2-3-8-4-6-9(7-5-8)12-10(14)11(13(16)17)15-18-12/h4-7H,2-3H2,1H3,(H,16,17). The number of aromatic carboxylic acids is 1. The van der Waals surface area contributed by atoms with E-state index in [1.807, 2.05) is 24.3 Å². The largest absolute Gasteiger partial charge is 0.476 e. The molecule has 1 N–H and O–H groups in total. The summed E-state index contributed by atoms with van der Waals surface area (Å²) in [5.41, 5.74) is 1.68. The smallest absolute Gasteiger partial charge is 0.359 e. The molecular weight excluding hydrogens is 254 g/mol. The van der Waals surface area contributed by atoms with Crippen LogP contribution in [-0.4, -0.2) is 16.2 Å². The first-order valence-electron chi connectivity index (χ1n) is 5.61. The van der Waals surface area contributed by atoms with Gasteiger partial charge in [0.25, 0.3) is 0 Å². The number of hydrogen-bond donors (Lipinski definition) is 1. The number of halogens is 1. The molecule has 0 saturated heterocycles. The van der Waals surface area contributed by atoms with E-state index in [4.69, 9.17) is 21.2 Å². The molecule has 0 aliphatic carbocycles. The number of carboxylic acid groups (broad SMARTS) is 1. The number of aryl methyl sites for hydroxylation is 1. The van der Waals surface area contributed by atoms with Gasteiger partial charge in [0.2, 0.25) is 5.69 Å². The highest BCUT2D eigenvalue weighted by molar-refractivity contribution is 6.35. The minimum atomic E-state index is -1.20. The van der Waals surface area contributed by atoms with Crippen LogP contribution in [-0.2, 0) is 6.42 Å². The normalized spacial score (nSPS) is 10.6. The van der Waals surface area contributed by atoms with Gasteiger partial charge in [-0.05, 0) is 12.0 Å². The highest BCUT2D eigenvalue weighted by atomic mass is 35.5. The number of benzene rings is 1. The molecule has 94 valence electrons. The summed E-state index contributed by atoms with van der Waals surface area (Å²) in [6, 6.07) is 7.64. The lowest BCUT2D eigenvalue weighted by Crippen LogP contribution is -1.96. The van der Waals surface area contributed by atoms with Crippen molar-refractivity contribution in [1.82, 2.24) is 5.16 Å². The van der Waals surface area contributed by atoms with Gasteiger partial charge in [-0.3, -0.25) is 0 Å². The van der Waals surface area contributed by atoms with E-state index in [1.54, 1.807) is 0 Å². The molecule has 0 radical (unpaired) electrons. The first kappa shape index (κ1) is 12.6. The van der Waals surface area contributed by atoms with Crippen LogP contribution in [0.25, 0.3) is 11.3 Å². The molecule has 0 aliphatic heterocycles. The van der Waals surface area contributed by atoms with Crippen LogP contribution in [0.5, 0.6) is 0 Å². The van der Waals surface area contributed by atoms with Gasteiger partial charge in [-0.1, -0.05) is 54.4 Å². The Morgan fingerprint density at radius 2 is 2.06 bits per heavy atom. The average molecular weight is 266 g/mol. The predicted octanol–water partition coefficient (Wildman–Crippen LogP) is 3.65. The first-order valence-corrected chi connectivity index (χ1v) is 5.99. The van der Waals surface area contributed by atoms with Gasteiger partial charge < -0.3 is 9.63 Å². The highest BCUT2D eigenvalue weighted by Crippen LogP contribution is 2.30. The molecule has 0 spiro atoms. The third-order valence-corrected chi connectivity index (χ3v) is 2.94. The second-order valence-electron chi connectivity index (χ2n) is 3.93. The fourth-order valence-corrected chi connectivity index (χ4v) is 1.96. The van der Waals surface area contributed by atoms with Gasteiger partial charge >= 0.3 is 5.97 Å². The van der Waals surface area contributed by atoms with Crippen LogP contribution in [0.2, 0.25) is 5.02 Å². The van der Waals surface area contributed by atoms with E-state index in [0.717, 1.165) is 18.4 Å². The SMILES string of the molecule is CCCc1ccc(-c2onc(C(=O)O)c2Cl)cc1. The predicted molar refractivity (Wildman–Crippen MR) is 67.9 cm³/mol. The van der Waals surface area contributed by atoms with Gasteiger partial charge in [-0.25, -0.2) is 4.79 Å². The summed E-state index contributed by atoms with van der Waals surface area (Å²) in [6.07, 6.45) is 2.08. The second kappa shape index (κ2) is 5.23. The van der Waals surface area contributed by atoms with Crippen LogP contribution in [0.4, 0.5) is 0 Å². The Labute approximate surface area is 109 Å². The Bertz CT molecular complexity index is 560. The fourth-order valence-electron chi connectivity index (χ4n) is 1.70. The third kappa shape index (κ3) is 2.38. The summed E-state index contributed by atoms with van der Waals surface area (Å²) in [4.78, 5) is 10.8. The molecule has 0 saturated carbocycles. The summed E-state index contributed by atoms with van der Waals surface area (Å²) in [6.45, 7) is 2.11. The van der Waals surface area contributed by atoms with E-state index in [1.165, 1.54) is 5.56 Å². The van der Waals surface area contributed by atoms with Crippen molar-refractivity contribution in [1.29, 1.82) is 0 Å². The Hall–Kier alpha value is -1.81. The van der Waals surface area contributed by atoms with E-state index in [0.29, 0.717) is 0 Å². The lowest BCUT2D eigenvalue weighted by molar-refractivity contribution is 0.0686. The zero-order chi connectivity index (χ0) is 13.1. The Morgan fingerprint density at radius 3 is 2.56 bits per heavy atom. The average Bonchev–Trinajstić information content (AvgIpc) is 2.73. The summed E-state index contributed by atoms with van der Waals surface area (Å²) < 4.78 is 4.98. The first-order chi connectivity index (χ1) is 8.63. The zero-order valence-corrected chi connectivity index (χ0v) is 10.6. The minimum absolute atomic E-state index is 0.0331. The highest BCUT2D eigenvalue weighted by Gasteiger charge is 2.20. The lowest BCUT2D eigenvalue weighted by atomic mass is 10.1. The van der Waals surface area contributed by atoms with Crippen LogP contribution in [0.1, 0.15) is 29.4 Å². The Balaban J connectivity index is 2.34. The van der Waals surface area contributed by atoms with Crippen LogP contribution in [0.15, 0.2) is 28.8 Å². The van der Waals surface area contributed by atoms with Crippen molar-refractivity contribution in [2.45, 2.75) is 19.8 Å². The topological polar surface area (TPSA) is 63.3 Å². The van der Waals surface area contributed by atoms with Crippen LogP contribution < -0.4 is 0 Å². The van der Waals surface area contributed by atoms with E-state index < -0.39 is 5.97 Å². The van der Waals surface area contributed by atoms with E-state index in [9.17, 15) is 4.79 Å². The number of rotatable bonds is 4. The van der Waals surface area contributed by atoms with Gasteiger partial charge in [-0.2, -0.15) is 0 Å². The molecule has 1 aromatic heterocycles. The molecule has 5 heteroatoms. The van der Waals surface area contributed by atoms with Gasteiger partial charge in [0.05, 0.1) is 0 Å². The van der Waals surface area contributed by atoms with Crippen LogP contribution >= 0.6 is 11.6 Å². The second-order valence-corrected chi connectivity index (χ2v) is 4.30. The molecule has 0 fully saturated rings. The summed E-state index contributed by atoms with van der Waals surface area (Å²) in [5.74, 6) is -0.908. The van der Waals surface area contributed by atoms with E-state index in [2.05, 4.69) is 12.1 Å². The molecule has 0 amide bonds. The molecule has 0 aliphatic rings. The third-order valence-electron chi connectivity index (χ3n) is 2.59. The maximum Gasteiger partial charge on any atom is 0.359 e. The number of aromatic nitrogens is 1. The maximum absolute atomic E-state index is 10.8. The molecule has 1 aromatic carbocycles. The zero-order valence-electron chi connectivity index (χ0n) is 9.81. The maximum atomic E-state index is 10.8. The van der Waals surface area contributed by atoms with Gasteiger partial charge in [0.15, 0.2) is 5.76 Å². The van der Waals surface area contributed by atoms with Crippen molar-refractivity contribution in [2.24, 2.45) is 0 Å². The van der Waals surface area contributed by atoms with Gasteiger partial charge in [0, 0.05) is 5.56 Å². The lowest BCUT2D eigenvalue weighted by Gasteiger charge is -2.00. The van der Waals surface area contributed by atoms with E-state index in [-0.39, 0.29) is 16.5 Å².